The van der Waals surface area contributed by atoms with Gasteiger partial charge in [-0.2, -0.15) is 0 Å². The van der Waals surface area contributed by atoms with Crippen molar-refractivity contribution in [1.82, 2.24) is 0 Å². The molecule has 0 aromatic heterocycles. The molecule has 0 unspecified atom stereocenters. The Labute approximate surface area is 158 Å². The molecule has 0 aliphatic carbocycles. The summed E-state index contributed by atoms with van der Waals surface area (Å²) < 4.78 is 0. The van der Waals surface area contributed by atoms with Crippen molar-refractivity contribution in [2.24, 2.45) is 0 Å². The van der Waals surface area contributed by atoms with Crippen molar-refractivity contribution in [1.29, 1.82) is 0 Å². The van der Waals surface area contributed by atoms with Gasteiger partial charge in [-0.1, -0.05) is 114 Å². The van der Waals surface area contributed by atoms with Crippen LogP contribution in [0.2, 0.25) is 0 Å². The first-order chi connectivity index (χ1) is 12.2. The van der Waals surface area contributed by atoms with Crippen molar-refractivity contribution in [2.75, 3.05) is 0 Å². The van der Waals surface area contributed by atoms with Gasteiger partial charge in [0.05, 0.1) is 0 Å². The molecule has 0 radical (unpaired) electrons. The number of hydrogen-bond acceptors (Lipinski definition) is 0. The van der Waals surface area contributed by atoms with Gasteiger partial charge in [0.1, 0.15) is 0 Å². The molecule has 3 aromatic carbocycles. The van der Waals surface area contributed by atoms with E-state index in [1.54, 1.807) is 0 Å². The SMILES string of the molecule is CC(C)(C)c1ccc(-c2ccccc2-c2ccccc2)cc1C(C)(C)C. The summed E-state index contributed by atoms with van der Waals surface area (Å²) in [7, 11) is 0. The zero-order chi connectivity index (χ0) is 18.9. The van der Waals surface area contributed by atoms with Crippen LogP contribution in [0.3, 0.4) is 0 Å². The Bertz CT molecular complexity index is 887. The third kappa shape index (κ3) is 3.75. The lowest BCUT2D eigenvalue weighted by Crippen LogP contribution is -2.22. The van der Waals surface area contributed by atoms with E-state index in [1.165, 1.54) is 33.4 Å². The first-order valence-electron chi connectivity index (χ1n) is 9.48. The molecule has 0 fully saturated rings. The molecule has 0 N–H and O–H groups in total. The Hall–Kier alpha value is -2.34. The lowest BCUT2D eigenvalue weighted by molar-refractivity contribution is 0.530. The average Bonchev–Trinajstić information content (AvgIpc) is 2.60. The largest absolute Gasteiger partial charge is 0.0622 e. The predicted molar refractivity (Wildman–Crippen MR) is 115 cm³/mol. The quantitative estimate of drug-likeness (QED) is 0.449. The lowest BCUT2D eigenvalue weighted by Gasteiger charge is -2.31. The third-order valence-electron chi connectivity index (χ3n) is 4.96. The van der Waals surface area contributed by atoms with Gasteiger partial charge < -0.3 is 0 Å². The van der Waals surface area contributed by atoms with Crippen LogP contribution in [-0.2, 0) is 10.8 Å². The van der Waals surface area contributed by atoms with Gasteiger partial charge >= 0.3 is 0 Å². The highest BCUT2D eigenvalue weighted by atomic mass is 14.3. The Morgan fingerprint density at radius 2 is 0.962 bits per heavy atom. The first kappa shape index (κ1) is 18.5. The van der Waals surface area contributed by atoms with Crippen molar-refractivity contribution in [3.63, 3.8) is 0 Å². The minimum absolute atomic E-state index is 0.111. The fraction of sp³-hybridized carbons (Fsp3) is 0.308. The van der Waals surface area contributed by atoms with Crippen LogP contribution in [0.25, 0.3) is 22.3 Å². The molecule has 0 saturated heterocycles. The minimum atomic E-state index is 0.111. The van der Waals surface area contributed by atoms with E-state index in [2.05, 4.69) is 114 Å². The summed E-state index contributed by atoms with van der Waals surface area (Å²) in [5.74, 6) is 0. The second-order valence-electron chi connectivity index (χ2n) is 9.17. The predicted octanol–water partition coefficient (Wildman–Crippen LogP) is 7.62. The van der Waals surface area contributed by atoms with Crippen LogP contribution >= 0.6 is 0 Å². The first-order valence-corrected chi connectivity index (χ1v) is 9.48. The molecule has 0 saturated carbocycles. The monoisotopic (exact) mass is 342 g/mol. The zero-order valence-corrected chi connectivity index (χ0v) is 16.9. The van der Waals surface area contributed by atoms with Crippen molar-refractivity contribution < 1.29 is 0 Å². The van der Waals surface area contributed by atoms with E-state index in [4.69, 9.17) is 0 Å². The van der Waals surface area contributed by atoms with Crippen molar-refractivity contribution in [2.45, 2.75) is 52.4 Å². The smallest absolute Gasteiger partial charge is 0.0105 e. The molecule has 0 nitrogen and oxygen atoms in total. The highest BCUT2D eigenvalue weighted by Gasteiger charge is 2.25. The van der Waals surface area contributed by atoms with Gasteiger partial charge in [-0.05, 0) is 44.2 Å². The van der Waals surface area contributed by atoms with E-state index in [0.717, 1.165) is 0 Å². The van der Waals surface area contributed by atoms with Gasteiger partial charge in [0.25, 0.3) is 0 Å². The summed E-state index contributed by atoms with van der Waals surface area (Å²) in [5, 5.41) is 0. The van der Waals surface area contributed by atoms with Gasteiger partial charge in [0.15, 0.2) is 0 Å². The van der Waals surface area contributed by atoms with E-state index in [0.29, 0.717) is 0 Å². The van der Waals surface area contributed by atoms with Crippen LogP contribution in [0.4, 0.5) is 0 Å². The molecule has 0 aliphatic rings. The highest BCUT2D eigenvalue weighted by Crippen LogP contribution is 2.39. The maximum atomic E-state index is 2.41. The maximum Gasteiger partial charge on any atom is -0.0105 e. The molecule has 134 valence electrons. The van der Waals surface area contributed by atoms with Crippen LogP contribution in [0.1, 0.15) is 52.7 Å². The van der Waals surface area contributed by atoms with Crippen molar-refractivity contribution in [3.8, 4) is 22.3 Å². The van der Waals surface area contributed by atoms with E-state index >= 15 is 0 Å². The van der Waals surface area contributed by atoms with Crippen LogP contribution in [-0.4, -0.2) is 0 Å². The molecular weight excluding hydrogens is 312 g/mol. The van der Waals surface area contributed by atoms with Gasteiger partial charge in [0.2, 0.25) is 0 Å². The fourth-order valence-electron chi connectivity index (χ4n) is 3.59. The number of rotatable bonds is 2. The van der Waals surface area contributed by atoms with Crippen molar-refractivity contribution in [3.05, 3.63) is 83.9 Å². The van der Waals surface area contributed by atoms with Crippen LogP contribution in [0, 0.1) is 0 Å². The summed E-state index contributed by atoms with van der Waals surface area (Å²) >= 11 is 0. The Kier molecular flexibility index (Phi) is 4.80. The van der Waals surface area contributed by atoms with Crippen LogP contribution in [0.15, 0.2) is 72.8 Å². The third-order valence-corrected chi connectivity index (χ3v) is 4.96. The number of hydrogen-bond donors (Lipinski definition) is 0. The maximum absolute atomic E-state index is 2.41. The summed E-state index contributed by atoms with van der Waals surface area (Å²) in [4.78, 5) is 0. The molecule has 0 heteroatoms. The van der Waals surface area contributed by atoms with E-state index < -0.39 is 0 Å². The normalized spacial score (nSPS) is 12.2. The molecule has 0 heterocycles. The van der Waals surface area contributed by atoms with Gasteiger partial charge in [-0.15, -0.1) is 0 Å². The highest BCUT2D eigenvalue weighted by molar-refractivity contribution is 5.83. The molecule has 0 aliphatic heterocycles. The van der Waals surface area contributed by atoms with Crippen LogP contribution < -0.4 is 0 Å². The Balaban J connectivity index is 2.21. The minimum Gasteiger partial charge on any atom is -0.0622 e. The second-order valence-corrected chi connectivity index (χ2v) is 9.17. The topological polar surface area (TPSA) is 0 Å². The summed E-state index contributed by atoms with van der Waals surface area (Å²) in [6.45, 7) is 13.8. The fourth-order valence-corrected chi connectivity index (χ4v) is 3.59. The molecule has 0 bridgehead atoms. The van der Waals surface area contributed by atoms with Gasteiger partial charge in [-0.3, -0.25) is 0 Å². The van der Waals surface area contributed by atoms with Gasteiger partial charge in [-0.25, -0.2) is 0 Å². The van der Waals surface area contributed by atoms with Gasteiger partial charge in [0, 0.05) is 0 Å². The molecular formula is C26H30. The molecule has 0 spiro atoms. The molecule has 3 rings (SSSR count). The standard InChI is InChI=1S/C26H30/c1-25(2,3)23-17-16-20(18-24(23)26(4,5)6)22-15-11-10-14-21(22)19-12-8-7-9-13-19/h7-18H,1-6H3. The Morgan fingerprint density at radius 1 is 0.462 bits per heavy atom. The summed E-state index contributed by atoms with van der Waals surface area (Å²) in [6, 6.07) is 26.4. The summed E-state index contributed by atoms with van der Waals surface area (Å²) in [5.41, 5.74) is 8.26. The lowest BCUT2D eigenvalue weighted by atomic mass is 9.74. The molecule has 26 heavy (non-hydrogen) atoms. The van der Waals surface area contributed by atoms with E-state index in [9.17, 15) is 0 Å². The zero-order valence-electron chi connectivity index (χ0n) is 16.9. The van der Waals surface area contributed by atoms with Crippen LogP contribution in [0.5, 0.6) is 0 Å². The molecule has 3 aromatic rings. The van der Waals surface area contributed by atoms with Crippen molar-refractivity contribution >= 4 is 0 Å². The summed E-state index contributed by atoms with van der Waals surface area (Å²) in [6.07, 6.45) is 0. The molecule has 0 amide bonds. The average molecular weight is 343 g/mol. The molecule has 0 atom stereocenters. The van der Waals surface area contributed by atoms with E-state index in [1.807, 2.05) is 0 Å². The van der Waals surface area contributed by atoms with E-state index in [-0.39, 0.29) is 10.8 Å². The number of benzene rings is 3. The Morgan fingerprint density at radius 3 is 1.50 bits per heavy atom. The second kappa shape index (κ2) is 6.76.